The van der Waals surface area contributed by atoms with Crippen molar-refractivity contribution in [2.45, 2.75) is 20.3 Å². The van der Waals surface area contributed by atoms with Gasteiger partial charge in [-0.2, -0.15) is 0 Å². The van der Waals surface area contributed by atoms with Gasteiger partial charge >= 0.3 is 0 Å². The SMILES string of the molecule is CCc1ccccc1-c1c(C)[nH]c(-c2ccccc2)c1C(=O)c1cc(Br)ccc1O. The normalized spacial score (nSPS) is 10.9. The Balaban J connectivity index is 2.04. The number of aromatic amines is 1. The van der Waals surface area contributed by atoms with Crippen molar-refractivity contribution in [3.8, 4) is 28.1 Å². The standard InChI is InChI=1S/C26H22BrNO2/c1-3-17-9-7-8-12-20(17)23-16(2)28-25(18-10-5-4-6-11-18)24(23)26(30)21-15-19(27)13-14-22(21)29/h4-15,28-29H,3H2,1-2H3. The highest BCUT2D eigenvalue weighted by Crippen LogP contribution is 2.39. The molecule has 0 radical (unpaired) electrons. The van der Waals surface area contributed by atoms with Crippen LogP contribution in [0.15, 0.2) is 77.3 Å². The fraction of sp³-hybridized carbons (Fsp3) is 0.115. The Hall–Kier alpha value is -3.11. The van der Waals surface area contributed by atoms with Crippen LogP contribution in [-0.2, 0) is 6.42 Å². The molecule has 1 aromatic heterocycles. The van der Waals surface area contributed by atoms with E-state index in [1.165, 1.54) is 5.56 Å². The molecule has 0 fully saturated rings. The number of hydrogen-bond donors (Lipinski definition) is 2. The molecule has 0 spiro atoms. The van der Waals surface area contributed by atoms with E-state index in [4.69, 9.17) is 0 Å². The predicted octanol–water partition coefficient (Wildman–Crippen LogP) is 6.92. The number of phenols is 1. The molecule has 4 rings (SSSR count). The van der Waals surface area contributed by atoms with Crippen LogP contribution < -0.4 is 0 Å². The van der Waals surface area contributed by atoms with E-state index in [0.717, 1.165) is 39.0 Å². The maximum atomic E-state index is 13.8. The monoisotopic (exact) mass is 459 g/mol. The number of aromatic hydroxyl groups is 1. The fourth-order valence-electron chi connectivity index (χ4n) is 3.91. The van der Waals surface area contributed by atoms with Crippen LogP contribution in [0.1, 0.15) is 34.1 Å². The predicted molar refractivity (Wildman–Crippen MR) is 125 cm³/mol. The quantitative estimate of drug-likeness (QED) is 0.318. The number of carbonyl (C=O) groups is 1. The molecule has 0 bridgehead atoms. The van der Waals surface area contributed by atoms with Crippen LogP contribution in [-0.4, -0.2) is 15.9 Å². The summed E-state index contributed by atoms with van der Waals surface area (Å²) in [5.41, 5.74) is 6.56. The molecular formula is C26H22BrNO2. The number of ketones is 1. The second-order valence-corrected chi connectivity index (χ2v) is 8.16. The Morgan fingerprint density at radius 3 is 2.43 bits per heavy atom. The Kier molecular flexibility index (Phi) is 5.60. The maximum Gasteiger partial charge on any atom is 0.199 e. The van der Waals surface area contributed by atoms with Crippen molar-refractivity contribution in [1.29, 1.82) is 0 Å². The molecule has 3 nitrogen and oxygen atoms in total. The average Bonchev–Trinajstić information content (AvgIpc) is 3.12. The molecule has 4 aromatic rings. The Bertz CT molecular complexity index is 1230. The smallest absolute Gasteiger partial charge is 0.199 e. The number of rotatable bonds is 5. The number of aryl methyl sites for hydroxylation is 2. The molecule has 0 aliphatic heterocycles. The summed E-state index contributed by atoms with van der Waals surface area (Å²) in [5, 5.41) is 10.4. The van der Waals surface area contributed by atoms with E-state index in [2.05, 4.69) is 40.0 Å². The number of phenolic OH excluding ortho intramolecular Hbond substituents is 1. The third-order valence-corrected chi connectivity index (χ3v) is 5.84. The topological polar surface area (TPSA) is 53.1 Å². The Morgan fingerprint density at radius 2 is 1.70 bits per heavy atom. The number of aromatic nitrogens is 1. The van der Waals surface area contributed by atoms with Crippen molar-refractivity contribution in [2.24, 2.45) is 0 Å². The first-order valence-electron chi connectivity index (χ1n) is 9.90. The van der Waals surface area contributed by atoms with E-state index in [9.17, 15) is 9.90 Å². The number of benzene rings is 3. The van der Waals surface area contributed by atoms with Gasteiger partial charge < -0.3 is 10.1 Å². The molecule has 0 saturated carbocycles. The van der Waals surface area contributed by atoms with Crippen molar-refractivity contribution in [1.82, 2.24) is 4.98 Å². The third-order valence-electron chi connectivity index (χ3n) is 5.35. The van der Waals surface area contributed by atoms with Crippen LogP contribution in [0.3, 0.4) is 0 Å². The molecule has 4 heteroatoms. The maximum absolute atomic E-state index is 13.8. The highest BCUT2D eigenvalue weighted by molar-refractivity contribution is 9.10. The van der Waals surface area contributed by atoms with Crippen molar-refractivity contribution in [2.75, 3.05) is 0 Å². The zero-order chi connectivity index (χ0) is 21.3. The number of H-pyrrole nitrogens is 1. The van der Waals surface area contributed by atoms with Gasteiger partial charge in [-0.3, -0.25) is 4.79 Å². The van der Waals surface area contributed by atoms with Crippen LogP contribution in [0.4, 0.5) is 0 Å². The molecule has 0 aliphatic rings. The summed E-state index contributed by atoms with van der Waals surface area (Å²) < 4.78 is 0.743. The van der Waals surface area contributed by atoms with Gasteiger partial charge in [0.1, 0.15) is 5.75 Å². The van der Waals surface area contributed by atoms with E-state index in [1.807, 2.05) is 49.4 Å². The Morgan fingerprint density at radius 1 is 1.00 bits per heavy atom. The first kappa shape index (κ1) is 20.2. The molecule has 0 saturated heterocycles. The van der Waals surface area contributed by atoms with Crippen LogP contribution in [0.2, 0.25) is 0 Å². The van der Waals surface area contributed by atoms with Gasteiger partial charge in [0.2, 0.25) is 0 Å². The second kappa shape index (κ2) is 8.33. The molecule has 3 aromatic carbocycles. The summed E-state index contributed by atoms with van der Waals surface area (Å²) in [6.07, 6.45) is 0.858. The van der Waals surface area contributed by atoms with Gasteiger partial charge in [0, 0.05) is 15.7 Å². The summed E-state index contributed by atoms with van der Waals surface area (Å²) in [5.74, 6) is -0.242. The minimum absolute atomic E-state index is 0.0317. The minimum atomic E-state index is -0.210. The lowest BCUT2D eigenvalue weighted by atomic mass is 9.89. The first-order chi connectivity index (χ1) is 14.5. The van der Waals surface area contributed by atoms with E-state index < -0.39 is 0 Å². The van der Waals surface area contributed by atoms with Gasteiger partial charge in [0.15, 0.2) is 5.78 Å². The molecule has 1 heterocycles. The third kappa shape index (κ3) is 3.59. The zero-order valence-electron chi connectivity index (χ0n) is 16.9. The molecule has 0 unspecified atom stereocenters. The lowest BCUT2D eigenvalue weighted by Crippen LogP contribution is -2.05. The van der Waals surface area contributed by atoms with Gasteiger partial charge in [0.05, 0.1) is 16.8 Å². The molecule has 0 aliphatic carbocycles. The van der Waals surface area contributed by atoms with Gasteiger partial charge in [-0.15, -0.1) is 0 Å². The Labute approximate surface area is 184 Å². The molecule has 0 amide bonds. The average molecular weight is 460 g/mol. The number of nitrogens with one attached hydrogen (secondary N) is 1. The molecule has 150 valence electrons. The second-order valence-electron chi connectivity index (χ2n) is 7.24. The van der Waals surface area contributed by atoms with E-state index >= 15 is 0 Å². The summed E-state index contributed by atoms with van der Waals surface area (Å²) in [4.78, 5) is 17.3. The lowest BCUT2D eigenvalue weighted by molar-refractivity contribution is 0.103. The molecular weight excluding hydrogens is 438 g/mol. The summed E-state index contributed by atoms with van der Waals surface area (Å²) in [6.45, 7) is 4.10. The van der Waals surface area contributed by atoms with E-state index in [-0.39, 0.29) is 17.1 Å². The van der Waals surface area contributed by atoms with Crippen molar-refractivity contribution in [3.05, 3.63) is 99.7 Å². The number of carbonyl (C=O) groups excluding carboxylic acids is 1. The van der Waals surface area contributed by atoms with Gasteiger partial charge in [0.25, 0.3) is 0 Å². The highest BCUT2D eigenvalue weighted by Gasteiger charge is 2.27. The van der Waals surface area contributed by atoms with Crippen LogP contribution >= 0.6 is 15.9 Å². The van der Waals surface area contributed by atoms with Crippen molar-refractivity contribution in [3.63, 3.8) is 0 Å². The largest absolute Gasteiger partial charge is 0.507 e. The highest BCUT2D eigenvalue weighted by atomic mass is 79.9. The van der Waals surface area contributed by atoms with E-state index in [0.29, 0.717) is 5.56 Å². The van der Waals surface area contributed by atoms with Crippen molar-refractivity contribution >= 4 is 21.7 Å². The summed E-state index contributed by atoms with van der Waals surface area (Å²) in [7, 11) is 0. The minimum Gasteiger partial charge on any atom is -0.507 e. The van der Waals surface area contributed by atoms with Crippen LogP contribution in [0.5, 0.6) is 5.75 Å². The number of hydrogen-bond acceptors (Lipinski definition) is 2. The summed E-state index contributed by atoms with van der Waals surface area (Å²) >= 11 is 3.42. The van der Waals surface area contributed by atoms with Gasteiger partial charge in [-0.05, 0) is 48.2 Å². The fourth-order valence-corrected chi connectivity index (χ4v) is 4.27. The first-order valence-corrected chi connectivity index (χ1v) is 10.7. The van der Waals surface area contributed by atoms with Gasteiger partial charge in [-0.1, -0.05) is 77.5 Å². The molecule has 30 heavy (non-hydrogen) atoms. The zero-order valence-corrected chi connectivity index (χ0v) is 18.5. The van der Waals surface area contributed by atoms with Crippen molar-refractivity contribution < 1.29 is 9.90 Å². The summed E-state index contributed by atoms with van der Waals surface area (Å²) in [6, 6.07) is 22.9. The lowest BCUT2D eigenvalue weighted by Gasteiger charge is -2.12. The number of halogens is 1. The van der Waals surface area contributed by atoms with Gasteiger partial charge in [-0.25, -0.2) is 0 Å². The van der Waals surface area contributed by atoms with Crippen LogP contribution in [0.25, 0.3) is 22.4 Å². The van der Waals surface area contributed by atoms with E-state index in [1.54, 1.807) is 18.2 Å². The van der Waals surface area contributed by atoms with Crippen LogP contribution in [0, 0.1) is 6.92 Å². The molecule has 0 atom stereocenters. The molecule has 2 N–H and O–H groups in total.